The molecule has 0 radical (unpaired) electrons. The van der Waals surface area contributed by atoms with Gasteiger partial charge in [0, 0.05) is 18.5 Å². The highest BCUT2D eigenvalue weighted by atomic mass is 16.5. The van der Waals surface area contributed by atoms with Crippen molar-refractivity contribution in [1.29, 1.82) is 0 Å². The molecule has 1 aliphatic heterocycles. The molecule has 8 nitrogen and oxygen atoms in total. The zero-order valence-corrected chi connectivity index (χ0v) is 16.7. The van der Waals surface area contributed by atoms with Crippen LogP contribution in [0.2, 0.25) is 0 Å². The number of ether oxygens (including phenoxy) is 1. The van der Waals surface area contributed by atoms with Gasteiger partial charge in [0.25, 0.3) is 5.91 Å². The van der Waals surface area contributed by atoms with Gasteiger partial charge in [0.15, 0.2) is 6.61 Å². The molecule has 2 atom stereocenters. The average molecular weight is 389 g/mol. The third-order valence-electron chi connectivity index (χ3n) is 4.33. The number of hydrogen-bond acceptors (Lipinski definition) is 5. The summed E-state index contributed by atoms with van der Waals surface area (Å²) in [5.41, 5.74) is 0.485. The van der Waals surface area contributed by atoms with Gasteiger partial charge in [0.1, 0.15) is 0 Å². The number of urea groups is 1. The highest BCUT2D eigenvalue weighted by Gasteiger charge is 2.38. The quantitative estimate of drug-likeness (QED) is 0.747. The Morgan fingerprint density at radius 1 is 1.21 bits per heavy atom. The number of carbonyl (C=O) groups is 4. The van der Waals surface area contributed by atoms with Crippen LogP contribution in [0.25, 0.3) is 0 Å². The van der Waals surface area contributed by atoms with Gasteiger partial charge in [-0.05, 0) is 33.3 Å². The molecule has 0 spiro atoms. The average Bonchev–Trinajstić information content (AvgIpc) is 3.00. The van der Waals surface area contributed by atoms with E-state index in [0.717, 1.165) is 5.56 Å². The molecule has 0 aromatic heterocycles. The van der Waals surface area contributed by atoms with E-state index in [0.29, 0.717) is 0 Å². The Balaban J connectivity index is 1.83. The molecular formula is C20H27N3O5. The molecule has 28 heavy (non-hydrogen) atoms. The summed E-state index contributed by atoms with van der Waals surface area (Å²) in [5, 5.41) is 4.67. The second kappa shape index (κ2) is 8.86. The molecule has 1 aromatic rings. The number of hydrogen-bond donors (Lipinski definition) is 2. The van der Waals surface area contributed by atoms with Crippen molar-refractivity contribution in [2.45, 2.75) is 45.7 Å². The van der Waals surface area contributed by atoms with Crippen LogP contribution < -0.4 is 10.6 Å². The van der Waals surface area contributed by atoms with Crippen molar-refractivity contribution in [2.75, 3.05) is 13.2 Å². The van der Waals surface area contributed by atoms with Crippen LogP contribution in [0, 0.1) is 5.92 Å². The Labute approximate surface area is 164 Å². The van der Waals surface area contributed by atoms with E-state index in [1.54, 1.807) is 25.7 Å². The lowest BCUT2D eigenvalue weighted by molar-refractivity contribution is -0.152. The number of amides is 4. The number of likely N-dealkylation sites (tertiary alicyclic amines) is 1. The largest absolute Gasteiger partial charge is 0.455 e. The minimum atomic E-state index is -0.728. The van der Waals surface area contributed by atoms with Gasteiger partial charge in [0.2, 0.25) is 5.91 Å². The van der Waals surface area contributed by atoms with E-state index in [2.05, 4.69) is 10.6 Å². The fourth-order valence-corrected chi connectivity index (χ4v) is 2.96. The zero-order chi connectivity index (χ0) is 20.9. The number of carbonyl (C=O) groups excluding carboxylic acids is 4. The highest BCUT2D eigenvalue weighted by Crippen LogP contribution is 2.28. The molecule has 0 aliphatic carbocycles. The van der Waals surface area contributed by atoms with Crippen LogP contribution in [0.3, 0.4) is 0 Å². The second-order valence-corrected chi connectivity index (χ2v) is 7.89. The maximum absolute atomic E-state index is 12.3. The molecule has 1 heterocycles. The smallest absolute Gasteiger partial charge is 0.321 e. The third kappa shape index (κ3) is 6.07. The van der Waals surface area contributed by atoms with Gasteiger partial charge in [-0.1, -0.05) is 30.3 Å². The Morgan fingerprint density at radius 3 is 2.46 bits per heavy atom. The SMILES string of the molecule is C[C@@H](c1ccccc1)N1C[C@H](C(=O)OCC(=O)NC(=O)NC(C)(C)C)CC1=O. The van der Waals surface area contributed by atoms with Crippen molar-refractivity contribution >= 4 is 23.8 Å². The summed E-state index contributed by atoms with van der Waals surface area (Å²) >= 11 is 0. The molecule has 152 valence electrons. The minimum Gasteiger partial charge on any atom is -0.455 e. The minimum absolute atomic E-state index is 0.0438. The number of esters is 1. The monoisotopic (exact) mass is 389 g/mol. The van der Waals surface area contributed by atoms with Crippen LogP contribution in [0.4, 0.5) is 4.79 Å². The molecule has 0 saturated carbocycles. The van der Waals surface area contributed by atoms with Crippen LogP contribution >= 0.6 is 0 Å². The molecule has 1 aliphatic rings. The first-order valence-corrected chi connectivity index (χ1v) is 9.20. The molecule has 0 bridgehead atoms. The number of nitrogens with one attached hydrogen (secondary N) is 2. The normalized spacial score (nSPS) is 17.8. The van der Waals surface area contributed by atoms with E-state index in [-0.39, 0.29) is 24.9 Å². The van der Waals surface area contributed by atoms with E-state index in [4.69, 9.17) is 4.74 Å². The van der Waals surface area contributed by atoms with Crippen molar-refractivity contribution in [2.24, 2.45) is 5.92 Å². The first-order valence-electron chi connectivity index (χ1n) is 9.20. The van der Waals surface area contributed by atoms with Crippen LogP contribution in [0.5, 0.6) is 0 Å². The van der Waals surface area contributed by atoms with Crippen molar-refractivity contribution in [3.05, 3.63) is 35.9 Å². The van der Waals surface area contributed by atoms with Gasteiger partial charge in [-0.3, -0.25) is 19.7 Å². The van der Waals surface area contributed by atoms with Crippen LogP contribution in [-0.4, -0.2) is 47.4 Å². The molecule has 4 amide bonds. The summed E-state index contributed by atoms with van der Waals surface area (Å²) in [5.74, 6) is -2.11. The van der Waals surface area contributed by atoms with E-state index < -0.39 is 36.0 Å². The van der Waals surface area contributed by atoms with E-state index in [1.165, 1.54) is 0 Å². The van der Waals surface area contributed by atoms with E-state index in [9.17, 15) is 19.2 Å². The lowest BCUT2D eigenvalue weighted by Crippen LogP contribution is -2.49. The Kier molecular flexibility index (Phi) is 6.77. The molecule has 2 rings (SSSR count). The van der Waals surface area contributed by atoms with Gasteiger partial charge < -0.3 is 15.0 Å². The van der Waals surface area contributed by atoms with Gasteiger partial charge in [-0.2, -0.15) is 0 Å². The topological polar surface area (TPSA) is 105 Å². The maximum atomic E-state index is 12.3. The van der Waals surface area contributed by atoms with Gasteiger partial charge in [-0.15, -0.1) is 0 Å². The standard InChI is InChI=1S/C20H27N3O5/c1-13(14-8-6-5-7-9-14)23-11-15(10-17(23)25)18(26)28-12-16(24)21-19(27)22-20(2,3)4/h5-9,13,15H,10-12H2,1-4H3,(H2,21,22,24,27)/t13-,15+/m0/s1. The van der Waals surface area contributed by atoms with Crippen molar-refractivity contribution in [3.63, 3.8) is 0 Å². The lowest BCUT2D eigenvalue weighted by Gasteiger charge is -2.25. The summed E-state index contributed by atoms with van der Waals surface area (Å²) in [6.45, 7) is 6.89. The maximum Gasteiger partial charge on any atom is 0.321 e. The van der Waals surface area contributed by atoms with Crippen LogP contribution in [0.15, 0.2) is 30.3 Å². The van der Waals surface area contributed by atoms with Crippen molar-refractivity contribution in [3.8, 4) is 0 Å². The first kappa shape index (κ1) is 21.4. The lowest BCUT2D eigenvalue weighted by atomic mass is 10.1. The van der Waals surface area contributed by atoms with Crippen molar-refractivity contribution in [1.82, 2.24) is 15.5 Å². The number of imide groups is 1. The summed E-state index contributed by atoms with van der Waals surface area (Å²) in [6, 6.07) is 8.73. The van der Waals surface area contributed by atoms with Crippen molar-refractivity contribution < 1.29 is 23.9 Å². The molecule has 1 fully saturated rings. The second-order valence-electron chi connectivity index (χ2n) is 7.89. The summed E-state index contributed by atoms with van der Waals surface area (Å²) in [6.07, 6.45) is 0.0438. The van der Waals surface area contributed by atoms with Crippen LogP contribution in [0.1, 0.15) is 45.7 Å². The highest BCUT2D eigenvalue weighted by molar-refractivity contribution is 5.96. The number of nitrogens with zero attached hydrogens (tertiary/aromatic N) is 1. The molecule has 8 heteroatoms. The molecule has 1 saturated heterocycles. The first-order chi connectivity index (χ1) is 13.1. The summed E-state index contributed by atoms with van der Waals surface area (Å²) in [4.78, 5) is 49.6. The van der Waals surface area contributed by atoms with Gasteiger partial charge in [0.05, 0.1) is 12.0 Å². The van der Waals surface area contributed by atoms with E-state index in [1.807, 2.05) is 37.3 Å². The predicted molar refractivity (Wildman–Crippen MR) is 102 cm³/mol. The zero-order valence-electron chi connectivity index (χ0n) is 16.7. The Hall–Kier alpha value is -2.90. The molecule has 1 aromatic carbocycles. The molecule has 2 N–H and O–H groups in total. The Bertz CT molecular complexity index is 742. The predicted octanol–water partition coefficient (Wildman–Crippen LogP) is 1.76. The number of rotatable bonds is 5. The van der Waals surface area contributed by atoms with Gasteiger partial charge in [-0.25, -0.2) is 4.79 Å². The Morgan fingerprint density at radius 2 is 1.86 bits per heavy atom. The molecular weight excluding hydrogens is 362 g/mol. The van der Waals surface area contributed by atoms with Gasteiger partial charge >= 0.3 is 12.0 Å². The molecule has 0 unspecified atom stereocenters. The van der Waals surface area contributed by atoms with E-state index >= 15 is 0 Å². The fourth-order valence-electron chi connectivity index (χ4n) is 2.96. The fraction of sp³-hybridized carbons (Fsp3) is 0.500. The number of benzene rings is 1. The van der Waals surface area contributed by atoms with Crippen LogP contribution in [-0.2, 0) is 19.1 Å². The summed E-state index contributed by atoms with van der Waals surface area (Å²) in [7, 11) is 0. The third-order valence-corrected chi connectivity index (χ3v) is 4.33. The summed E-state index contributed by atoms with van der Waals surface area (Å²) < 4.78 is 4.99.